The van der Waals surface area contributed by atoms with Crippen LogP contribution >= 0.6 is 0 Å². The highest BCUT2D eigenvalue weighted by atomic mass is 16.4. The highest BCUT2D eigenvalue weighted by molar-refractivity contribution is 5.76. The molecule has 0 aliphatic rings. The Balaban J connectivity index is 2.54. The summed E-state index contributed by atoms with van der Waals surface area (Å²) in [6.07, 6.45) is 2.12. The van der Waals surface area contributed by atoms with Crippen molar-refractivity contribution in [3.63, 3.8) is 0 Å². The van der Waals surface area contributed by atoms with Crippen molar-refractivity contribution in [2.45, 2.75) is 25.8 Å². The van der Waals surface area contributed by atoms with E-state index < -0.39 is 11.5 Å². The van der Waals surface area contributed by atoms with E-state index in [-0.39, 0.29) is 0 Å². The van der Waals surface area contributed by atoms with Crippen LogP contribution in [0.25, 0.3) is 11.5 Å². The molecule has 1 atom stereocenters. The Morgan fingerprint density at radius 2 is 2.28 bits per heavy atom. The molecule has 2 aromatic heterocycles. The molecule has 2 rings (SSSR count). The lowest BCUT2D eigenvalue weighted by molar-refractivity contribution is -0.147. The van der Waals surface area contributed by atoms with E-state index in [2.05, 4.69) is 20.6 Å². The standard InChI is InChI=1S/C10H14N6O2/c1-4-10(2,9(17)18)16-8(11-13-14-16)7-5-6-15(3)12-7/h5-6H,4H2,1-3H3,(H,17,18). The van der Waals surface area contributed by atoms with Gasteiger partial charge < -0.3 is 5.11 Å². The van der Waals surface area contributed by atoms with Crippen LogP contribution in [0.2, 0.25) is 0 Å². The fourth-order valence-corrected chi connectivity index (χ4v) is 1.61. The molecule has 0 amide bonds. The average Bonchev–Trinajstić information content (AvgIpc) is 2.95. The van der Waals surface area contributed by atoms with Crippen LogP contribution in [0, 0.1) is 0 Å². The first kappa shape index (κ1) is 12.2. The predicted molar refractivity (Wildman–Crippen MR) is 61.6 cm³/mol. The number of aromatic nitrogens is 6. The van der Waals surface area contributed by atoms with Gasteiger partial charge in [-0.15, -0.1) is 5.10 Å². The van der Waals surface area contributed by atoms with Gasteiger partial charge in [-0.2, -0.15) is 5.10 Å². The largest absolute Gasteiger partial charge is 0.479 e. The zero-order chi connectivity index (χ0) is 13.3. The number of carbonyl (C=O) groups is 1. The quantitative estimate of drug-likeness (QED) is 0.837. The van der Waals surface area contributed by atoms with Crippen LogP contribution in [0.15, 0.2) is 12.3 Å². The van der Waals surface area contributed by atoms with E-state index in [4.69, 9.17) is 0 Å². The molecule has 2 aromatic rings. The molecule has 0 aliphatic heterocycles. The van der Waals surface area contributed by atoms with Crippen molar-refractivity contribution < 1.29 is 9.90 Å². The van der Waals surface area contributed by atoms with Crippen LogP contribution in [-0.2, 0) is 17.4 Å². The Labute approximate surface area is 103 Å². The predicted octanol–water partition coefficient (Wildman–Crippen LogP) is 0.283. The summed E-state index contributed by atoms with van der Waals surface area (Å²) in [5, 5.41) is 24.7. The van der Waals surface area contributed by atoms with Crippen molar-refractivity contribution in [1.29, 1.82) is 0 Å². The van der Waals surface area contributed by atoms with Gasteiger partial charge in [-0.1, -0.05) is 6.92 Å². The van der Waals surface area contributed by atoms with Crippen molar-refractivity contribution in [2.75, 3.05) is 0 Å². The van der Waals surface area contributed by atoms with Gasteiger partial charge in [0.2, 0.25) is 5.82 Å². The smallest absolute Gasteiger partial charge is 0.331 e. The molecule has 0 spiro atoms. The maximum absolute atomic E-state index is 11.4. The lowest BCUT2D eigenvalue weighted by Gasteiger charge is -2.23. The van der Waals surface area contributed by atoms with Crippen LogP contribution < -0.4 is 0 Å². The van der Waals surface area contributed by atoms with Crippen molar-refractivity contribution in [1.82, 2.24) is 30.0 Å². The third-order valence-corrected chi connectivity index (χ3v) is 3.03. The van der Waals surface area contributed by atoms with Gasteiger partial charge in [0.25, 0.3) is 0 Å². The first-order valence-corrected chi connectivity index (χ1v) is 5.51. The zero-order valence-electron chi connectivity index (χ0n) is 10.4. The Kier molecular flexibility index (Phi) is 2.85. The lowest BCUT2D eigenvalue weighted by Crippen LogP contribution is -2.39. The summed E-state index contributed by atoms with van der Waals surface area (Å²) in [7, 11) is 1.77. The minimum absolute atomic E-state index is 0.349. The molecular weight excluding hydrogens is 236 g/mol. The Bertz CT molecular complexity index is 574. The number of hydrogen-bond acceptors (Lipinski definition) is 5. The molecule has 18 heavy (non-hydrogen) atoms. The second kappa shape index (κ2) is 4.21. The molecule has 8 heteroatoms. The fraction of sp³-hybridized carbons (Fsp3) is 0.500. The highest BCUT2D eigenvalue weighted by Crippen LogP contribution is 2.24. The van der Waals surface area contributed by atoms with Crippen molar-refractivity contribution >= 4 is 5.97 Å². The summed E-state index contributed by atoms with van der Waals surface area (Å²) in [5.41, 5.74) is -0.639. The number of tetrazole rings is 1. The van der Waals surface area contributed by atoms with Crippen molar-refractivity contribution in [2.24, 2.45) is 7.05 Å². The minimum atomic E-state index is -1.18. The lowest BCUT2D eigenvalue weighted by atomic mass is 9.99. The van der Waals surface area contributed by atoms with Crippen LogP contribution in [0.5, 0.6) is 0 Å². The van der Waals surface area contributed by atoms with Crippen LogP contribution in [-0.4, -0.2) is 41.1 Å². The van der Waals surface area contributed by atoms with E-state index in [1.165, 1.54) is 4.68 Å². The van der Waals surface area contributed by atoms with E-state index in [0.717, 1.165) is 0 Å². The maximum Gasteiger partial charge on any atom is 0.331 e. The van der Waals surface area contributed by atoms with E-state index in [1.54, 1.807) is 37.8 Å². The van der Waals surface area contributed by atoms with Gasteiger partial charge in [0, 0.05) is 13.2 Å². The maximum atomic E-state index is 11.4. The number of aliphatic carboxylic acids is 1. The van der Waals surface area contributed by atoms with Crippen LogP contribution in [0.3, 0.4) is 0 Å². The molecule has 0 aromatic carbocycles. The highest BCUT2D eigenvalue weighted by Gasteiger charge is 2.37. The van der Waals surface area contributed by atoms with Gasteiger partial charge in [0.15, 0.2) is 5.54 Å². The summed E-state index contributed by atoms with van der Waals surface area (Å²) < 4.78 is 2.91. The van der Waals surface area contributed by atoms with E-state index >= 15 is 0 Å². The van der Waals surface area contributed by atoms with E-state index in [0.29, 0.717) is 17.9 Å². The molecule has 8 nitrogen and oxygen atoms in total. The van der Waals surface area contributed by atoms with Crippen molar-refractivity contribution in [3.8, 4) is 11.5 Å². The van der Waals surface area contributed by atoms with Crippen LogP contribution in [0.4, 0.5) is 0 Å². The van der Waals surface area contributed by atoms with Crippen LogP contribution in [0.1, 0.15) is 20.3 Å². The van der Waals surface area contributed by atoms with E-state index in [9.17, 15) is 9.90 Å². The third kappa shape index (κ3) is 1.75. The Morgan fingerprint density at radius 1 is 1.56 bits per heavy atom. The SMILES string of the molecule is CCC(C)(C(=O)O)n1nnnc1-c1ccn(C)n1. The minimum Gasteiger partial charge on any atom is -0.479 e. The Hall–Kier alpha value is -2.25. The molecule has 0 bridgehead atoms. The van der Waals surface area contributed by atoms with Gasteiger partial charge in [-0.3, -0.25) is 4.68 Å². The number of carboxylic acids is 1. The molecule has 0 saturated carbocycles. The summed E-state index contributed by atoms with van der Waals surface area (Å²) in [4.78, 5) is 11.4. The summed E-state index contributed by atoms with van der Waals surface area (Å²) in [6, 6.07) is 1.74. The zero-order valence-corrected chi connectivity index (χ0v) is 10.4. The van der Waals surface area contributed by atoms with Gasteiger partial charge in [-0.05, 0) is 29.8 Å². The molecule has 0 aliphatic carbocycles. The number of rotatable bonds is 4. The second-order valence-corrected chi connectivity index (χ2v) is 4.22. The number of aryl methyl sites for hydroxylation is 1. The van der Waals surface area contributed by atoms with Crippen molar-refractivity contribution in [3.05, 3.63) is 12.3 Å². The molecular formula is C10H14N6O2. The Morgan fingerprint density at radius 3 is 2.78 bits per heavy atom. The molecule has 2 heterocycles. The number of nitrogens with zero attached hydrogens (tertiary/aromatic N) is 6. The van der Waals surface area contributed by atoms with Gasteiger partial charge in [0.05, 0.1) is 0 Å². The topological polar surface area (TPSA) is 98.7 Å². The molecule has 0 saturated heterocycles. The first-order chi connectivity index (χ1) is 8.49. The monoisotopic (exact) mass is 250 g/mol. The third-order valence-electron chi connectivity index (χ3n) is 3.03. The molecule has 1 N–H and O–H groups in total. The molecule has 96 valence electrons. The second-order valence-electron chi connectivity index (χ2n) is 4.22. The summed E-state index contributed by atoms with van der Waals surface area (Å²) in [5.74, 6) is -0.628. The summed E-state index contributed by atoms with van der Waals surface area (Å²) in [6.45, 7) is 3.36. The van der Waals surface area contributed by atoms with E-state index in [1.807, 2.05) is 0 Å². The molecule has 0 radical (unpaired) electrons. The first-order valence-electron chi connectivity index (χ1n) is 5.51. The number of hydrogen-bond donors (Lipinski definition) is 1. The molecule has 0 fully saturated rings. The normalized spacial score (nSPS) is 14.4. The van der Waals surface area contributed by atoms with Gasteiger partial charge >= 0.3 is 5.97 Å². The van der Waals surface area contributed by atoms with Gasteiger partial charge in [-0.25, -0.2) is 9.48 Å². The number of carboxylic acid groups (broad SMARTS) is 1. The molecule has 1 unspecified atom stereocenters. The van der Waals surface area contributed by atoms with Gasteiger partial charge in [0.1, 0.15) is 5.69 Å². The summed E-state index contributed by atoms with van der Waals surface area (Å²) >= 11 is 0. The average molecular weight is 250 g/mol. The fourth-order valence-electron chi connectivity index (χ4n) is 1.61.